The van der Waals surface area contributed by atoms with Gasteiger partial charge in [0.05, 0.1) is 17.7 Å². The standard InChI is InChI=1S/C18H18N4O3/c1-25-11-8-15(17-19-6-7-20-17)22(10-11)18(24)13-9-16(23)21-14-5-3-2-4-12(13)14/h2-7,9,11,15H,8,10H2,1H3,(H,19,20)(H,21,23)/t11-,15?/m1/s1. The second kappa shape index (κ2) is 6.18. The summed E-state index contributed by atoms with van der Waals surface area (Å²) >= 11 is 0. The SMILES string of the molecule is CO[C@@H]1CC(c2ncc[nH]2)N(C(=O)c2cc(=O)[nH]c3ccccc23)C1. The van der Waals surface area contributed by atoms with Crippen molar-refractivity contribution in [3.05, 3.63) is 64.5 Å². The van der Waals surface area contributed by atoms with Crippen molar-refractivity contribution in [2.75, 3.05) is 13.7 Å². The minimum absolute atomic E-state index is 0.0627. The summed E-state index contributed by atoms with van der Waals surface area (Å²) in [5.41, 5.74) is 0.752. The molecule has 1 aromatic carbocycles. The number of nitrogens with one attached hydrogen (secondary N) is 2. The quantitative estimate of drug-likeness (QED) is 0.762. The number of imidazole rings is 1. The fourth-order valence-corrected chi connectivity index (χ4v) is 3.45. The topological polar surface area (TPSA) is 91.1 Å². The molecule has 0 saturated carbocycles. The number of rotatable bonds is 3. The van der Waals surface area contributed by atoms with Gasteiger partial charge in [-0.3, -0.25) is 9.59 Å². The largest absolute Gasteiger partial charge is 0.380 e. The average molecular weight is 338 g/mol. The number of amides is 1. The third-order valence-electron chi connectivity index (χ3n) is 4.67. The van der Waals surface area contributed by atoms with E-state index < -0.39 is 0 Å². The molecule has 7 nitrogen and oxygen atoms in total. The second-order valence-corrected chi connectivity index (χ2v) is 6.13. The Morgan fingerprint density at radius 2 is 2.20 bits per heavy atom. The Labute approximate surface area is 143 Å². The fraction of sp³-hybridized carbons (Fsp3) is 0.278. The monoisotopic (exact) mass is 338 g/mol. The number of fused-ring (bicyclic) bond motifs is 1. The van der Waals surface area contributed by atoms with Crippen LogP contribution in [0.2, 0.25) is 0 Å². The maximum atomic E-state index is 13.3. The first kappa shape index (κ1) is 15.6. The molecule has 1 saturated heterocycles. The highest BCUT2D eigenvalue weighted by Gasteiger charge is 2.38. The third-order valence-corrected chi connectivity index (χ3v) is 4.67. The Morgan fingerprint density at radius 1 is 1.36 bits per heavy atom. The molecule has 25 heavy (non-hydrogen) atoms. The normalized spacial score (nSPS) is 20.3. The predicted octanol–water partition coefficient (Wildman–Crippen LogP) is 1.85. The molecule has 7 heteroatoms. The van der Waals surface area contributed by atoms with E-state index in [9.17, 15) is 9.59 Å². The van der Waals surface area contributed by atoms with E-state index in [1.54, 1.807) is 30.5 Å². The maximum absolute atomic E-state index is 13.3. The van der Waals surface area contributed by atoms with Gasteiger partial charge < -0.3 is 19.6 Å². The maximum Gasteiger partial charge on any atom is 0.255 e. The number of para-hydroxylation sites is 1. The summed E-state index contributed by atoms with van der Waals surface area (Å²) in [6.45, 7) is 0.460. The van der Waals surface area contributed by atoms with Crippen LogP contribution >= 0.6 is 0 Å². The van der Waals surface area contributed by atoms with Crippen molar-refractivity contribution in [1.82, 2.24) is 19.9 Å². The van der Waals surface area contributed by atoms with E-state index in [1.807, 2.05) is 18.2 Å². The van der Waals surface area contributed by atoms with Gasteiger partial charge in [0.1, 0.15) is 5.82 Å². The molecule has 0 spiro atoms. The second-order valence-electron chi connectivity index (χ2n) is 6.13. The summed E-state index contributed by atoms with van der Waals surface area (Å²) in [5.74, 6) is 0.533. The van der Waals surface area contributed by atoms with Gasteiger partial charge >= 0.3 is 0 Å². The van der Waals surface area contributed by atoms with Gasteiger partial charge in [-0.1, -0.05) is 18.2 Å². The predicted molar refractivity (Wildman–Crippen MR) is 92.3 cm³/mol. The zero-order valence-corrected chi connectivity index (χ0v) is 13.7. The van der Waals surface area contributed by atoms with Gasteiger partial charge in [0.25, 0.3) is 5.91 Å². The van der Waals surface area contributed by atoms with E-state index >= 15 is 0 Å². The van der Waals surface area contributed by atoms with E-state index in [0.717, 1.165) is 11.2 Å². The van der Waals surface area contributed by atoms with E-state index in [1.165, 1.54) is 6.07 Å². The van der Waals surface area contributed by atoms with Gasteiger partial charge in [-0.15, -0.1) is 0 Å². The lowest BCUT2D eigenvalue weighted by Gasteiger charge is -2.23. The highest BCUT2D eigenvalue weighted by molar-refractivity contribution is 6.06. The molecule has 2 atom stereocenters. The molecular formula is C18H18N4O3. The number of aromatic nitrogens is 3. The number of hydrogen-bond acceptors (Lipinski definition) is 4. The van der Waals surface area contributed by atoms with Crippen LogP contribution in [0, 0.1) is 0 Å². The first-order chi connectivity index (χ1) is 12.2. The lowest BCUT2D eigenvalue weighted by atomic mass is 10.1. The van der Waals surface area contributed by atoms with Gasteiger partial charge in [0.15, 0.2) is 0 Å². The Morgan fingerprint density at radius 3 is 2.96 bits per heavy atom. The van der Waals surface area contributed by atoms with Crippen LogP contribution in [0.1, 0.15) is 28.6 Å². The molecule has 1 unspecified atom stereocenters. The highest BCUT2D eigenvalue weighted by atomic mass is 16.5. The number of pyridine rings is 1. The van der Waals surface area contributed by atoms with Crippen LogP contribution in [0.15, 0.2) is 47.5 Å². The number of benzene rings is 1. The zero-order chi connectivity index (χ0) is 17.4. The molecule has 1 fully saturated rings. The molecule has 4 rings (SSSR count). The van der Waals surface area contributed by atoms with E-state index in [0.29, 0.717) is 24.0 Å². The first-order valence-corrected chi connectivity index (χ1v) is 8.12. The fourth-order valence-electron chi connectivity index (χ4n) is 3.45. The van der Waals surface area contributed by atoms with E-state index in [-0.39, 0.29) is 23.6 Å². The number of nitrogens with zero attached hydrogens (tertiary/aromatic N) is 2. The van der Waals surface area contributed by atoms with Crippen LogP contribution in [0.5, 0.6) is 0 Å². The van der Waals surface area contributed by atoms with Crippen molar-refractivity contribution in [1.29, 1.82) is 0 Å². The highest BCUT2D eigenvalue weighted by Crippen LogP contribution is 2.33. The van der Waals surface area contributed by atoms with Crippen molar-refractivity contribution in [2.45, 2.75) is 18.6 Å². The molecule has 3 aromatic rings. The van der Waals surface area contributed by atoms with Crippen molar-refractivity contribution in [3.8, 4) is 0 Å². The summed E-state index contributed by atoms with van der Waals surface area (Å²) in [6.07, 6.45) is 4.01. The summed E-state index contributed by atoms with van der Waals surface area (Å²) in [7, 11) is 1.64. The molecular weight excluding hydrogens is 320 g/mol. The molecule has 0 radical (unpaired) electrons. The van der Waals surface area contributed by atoms with Crippen LogP contribution in [-0.2, 0) is 4.74 Å². The average Bonchev–Trinajstić information content (AvgIpc) is 3.29. The number of ether oxygens (including phenoxy) is 1. The summed E-state index contributed by atoms with van der Waals surface area (Å²) in [4.78, 5) is 37.1. The lowest BCUT2D eigenvalue weighted by molar-refractivity contribution is 0.0686. The van der Waals surface area contributed by atoms with Gasteiger partial charge in [-0.25, -0.2) is 4.98 Å². The smallest absolute Gasteiger partial charge is 0.255 e. The number of methoxy groups -OCH3 is 1. The number of H-pyrrole nitrogens is 2. The number of likely N-dealkylation sites (tertiary alicyclic amines) is 1. The van der Waals surface area contributed by atoms with Gasteiger partial charge in [-0.2, -0.15) is 0 Å². The minimum Gasteiger partial charge on any atom is -0.380 e. The van der Waals surface area contributed by atoms with Crippen molar-refractivity contribution in [3.63, 3.8) is 0 Å². The minimum atomic E-state index is -0.293. The molecule has 3 heterocycles. The zero-order valence-electron chi connectivity index (χ0n) is 13.7. The number of aromatic amines is 2. The third kappa shape index (κ3) is 2.72. The van der Waals surface area contributed by atoms with Crippen LogP contribution in [0.25, 0.3) is 10.9 Å². The Hall–Kier alpha value is -2.93. The van der Waals surface area contributed by atoms with Gasteiger partial charge in [-0.05, 0) is 6.07 Å². The number of carbonyl (C=O) groups is 1. The Balaban J connectivity index is 1.78. The molecule has 0 aliphatic carbocycles. The Kier molecular flexibility index (Phi) is 3.85. The van der Waals surface area contributed by atoms with Crippen LogP contribution < -0.4 is 5.56 Å². The van der Waals surface area contributed by atoms with Crippen LogP contribution in [0.3, 0.4) is 0 Å². The van der Waals surface area contributed by atoms with Crippen molar-refractivity contribution >= 4 is 16.8 Å². The Bertz CT molecular complexity index is 964. The van der Waals surface area contributed by atoms with Crippen molar-refractivity contribution < 1.29 is 9.53 Å². The molecule has 1 aliphatic heterocycles. The molecule has 128 valence electrons. The number of carbonyl (C=O) groups excluding carboxylic acids is 1. The summed E-state index contributed by atoms with van der Waals surface area (Å²) < 4.78 is 5.46. The van der Waals surface area contributed by atoms with Gasteiger partial charge in [0, 0.05) is 49.4 Å². The molecule has 1 aliphatic rings. The lowest BCUT2D eigenvalue weighted by Crippen LogP contribution is -2.33. The first-order valence-electron chi connectivity index (χ1n) is 8.12. The van der Waals surface area contributed by atoms with E-state index in [4.69, 9.17) is 4.74 Å². The van der Waals surface area contributed by atoms with Crippen molar-refractivity contribution in [2.24, 2.45) is 0 Å². The summed E-state index contributed by atoms with van der Waals surface area (Å²) in [6, 6.07) is 8.47. The summed E-state index contributed by atoms with van der Waals surface area (Å²) in [5, 5.41) is 0.728. The molecule has 1 amide bonds. The molecule has 2 aromatic heterocycles. The molecule has 0 bridgehead atoms. The van der Waals surface area contributed by atoms with Crippen LogP contribution in [0.4, 0.5) is 0 Å². The number of hydrogen-bond donors (Lipinski definition) is 2. The van der Waals surface area contributed by atoms with Crippen LogP contribution in [-0.4, -0.2) is 45.5 Å². The van der Waals surface area contributed by atoms with E-state index in [2.05, 4.69) is 15.0 Å². The molecule has 2 N–H and O–H groups in total. The van der Waals surface area contributed by atoms with Gasteiger partial charge in [0.2, 0.25) is 5.56 Å².